The first kappa shape index (κ1) is 14.4. The molecule has 0 spiro atoms. The Balaban J connectivity index is 2.52. The summed E-state index contributed by atoms with van der Waals surface area (Å²) in [6.45, 7) is 6.31. The highest BCUT2D eigenvalue weighted by Crippen LogP contribution is 2.17. The van der Waals surface area contributed by atoms with Gasteiger partial charge in [-0.3, -0.25) is 4.21 Å². The molecule has 0 aliphatic carbocycles. The zero-order valence-corrected chi connectivity index (χ0v) is 11.8. The van der Waals surface area contributed by atoms with E-state index in [1.165, 1.54) is 5.56 Å². The van der Waals surface area contributed by atoms with Crippen LogP contribution < -0.4 is 5.73 Å². The van der Waals surface area contributed by atoms with Gasteiger partial charge in [0, 0.05) is 16.7 Å². The van der Waals surface area contributed by atoms with Crippen molar-refractivity contribution < 1.29 is 4.21 Å². The van der Waals surface area contributed by atoms with Crippen LogP contribution in [0, 0.1) is 0 Å². The minimum Gasteiger partial charge on any atom is -0.328 e. The van der Waals surface area contributed by atoms with Crippen LogP contribution in [0.5, 0.6) is 0 Å². The van der Waals surface area contributed by atoms with Gasteiger partial charge in [-0.25, -0.2) is 0 Å². The second-order valence-electron chi connectivity index (χ2n) is 4.89. The summed E-state index contributed by atoms with van der Waals surface area (Å²) in [7, 11) is -0.877. The fraction of sp³-hybridized carbons (Fsp3) is 0.571. The van der Waals surface area contributed by atoms with Crippen LogP contribution >= 0.6 is 0 Å². The molecule has 2 N–H and O–H groups in total. The summed E-state index contributed by atoms with van der Waals surface area (Å²) < 4.78 is 12.0. The zero-order valence-electron chi connectivity index (χ0n) is 11.0. The van der Waals surface area contributed by atoms with Gasteiger partial charge in [0.2, 0.25) is 0 Å². The number of nitrogens with two attached hydrogens (primary N) is 1. The van der Waals surface area contributed by atoms with Crippen LogP contribution in [-0.2, 0) is 10.8 Å². The molecule has 1 aromatic rings. The van der Waals surface area contributed by atoms with Gasteiger partial charge in [-0.05, 0) is 43.4 Å². The van der Waals surface area contributed by atoms with Gasteiger partial charge in [0.1, 0.15) is 0 Å². The Labute approximate surface area is 107 Å². The van der Waals surface area contributed by atoms with Gasteiger partial charge in [0.05, 0.1) is 10.8 Å². The van der Waals surface area contributed by atoms with E-state index in [4.69, 9.17) is 5.73 Å². The third-order valence-corrected chi connectivity index (χ3v) is 4.26. The normalized spacial score (nSPS) is 14.9. The molecule has 2 nitrogen and oxygen atoms in total. The Morgan fingerprint density at radius 2 is 1.76 bits per heavy atom. The maximum absolute atomic E-state index is 12.0. The summed E-state index contributed by atoms with van der Waals surface area (Å²) in [5, 5.41) is 0. The third-order valence-electron chi connectivity index (χ3n) is 2.80. The molecular weight excluding hydrogens is 230 g/mol. The number of benzene rings is 1. The van der Waals surface area contributed by atoms with Gasteiger partial charge in [-0.1, -0.05) is 26.0 Å². The molecule has 2 atom stereocenters. The highest BCUT2D eigenvalue weighted by Gasteiger charge is 2.05. The van der Waals surface area contributed by atoms with Crippen molar-refractivity contribution in [3.05, 3.63) is 29.8 Å². The zero-order chi connectivity index (χ0) is 12.8. The number of hydrogen-bond acceptors (Lipinski definition) is 2. The van der Waals surface area contributed by atoms with Gasteiger partial charge in [0.25, 0.3) is 0 Å². The molecule has 0 saturated heterocycles. The van der Waals surface area contributed by atoms with Crippen LogP contribution in [-0.4, -0.2) is 16.0 Å². The second kappa shape index (κ2) is 6.92. The first-order valence-corrected chi connectivity index (χ1v) is 7.56. The van der Waals surface area contributed by atoms with Crippen LogP contribution in [0.1, 0.15) is 45.1 Å². The van der Waals surface area contributed by atoms with E-state index in [9.17, 15) is 4.21 Å². The van der Waals surface area contributed by atoms with Crippen molar-refractivity contribution in [1.29, 1.82) is 0 Å². The average Bonchev–Trinajstić information content (AvgIpc) is 2.28. The molecule has 0 amide bonds. The molecule has 0 aromatic heterocycles. The van der Waals surface area contributed by atoms with Crippen molar-refractivity contribution in [2.45, 2.75) is 50.5 Å². The van der Waals surface area contributed by atoms with Gasteiger partial charge in [-0.2, -0.15) is 0 Å². The Bertz CT molecular complexity index is 357. The van der Waals surface area contributed by atoms with Gasteiger partial charge < -0.3 is 5.73 Å². The molecule has 0 aliphatic rings. The van der Waals surface area contributed by atoms with Crippen molar-refractivity contribution in [2.24, 2.45) is 5.73 Å². The molecule has 0 fully saturated rings. The fourth-order valence-corrected chi connectivity index (χ4v) is 2.76. The summed E-state index contributed by atoms with van der Waals surface area (Å²) in [4.78, 5) is 0.930. The average molecular weight is 253 g/mol. The molecule has 96 valence electrons. The first-order valence-electron chi connectivity index (χ1n) is 6.24. The highest BCUT2D eigenvalue weighted by atomic mass is 32.2. The fourth-order valence-electron chi connectivity index (χ4n) is 1.66. The molecule has 0 radical (unpaired) electrons. The van der Waals surface area contributed by atoms with E-state index in [0.717, 1.165) is 17.7 Å². The topological polar surface area (TPSA) is 43.1 Å². The molecule has 0 bridgehead atoms. The highest BCUT2D eigenvalue weighted by molar-refractivity contribution is 7.85. The van der Waals surface area contributed by atoms with E-state index in [-0.39, 0.29) is 6.04 Å². The number of hydrogen-bond donors (Lipinski definition) is 1. The lowest BCUT2D eigenvalue weighted by atomic mass is 10.0. The van der Waals surface area contributed by atoms with Crippen molar-refractivity contribution in [1.82, 2.24) is 0 Å². The Kier molecular flexibility index (Phi) is 5.86. The van der Waals surface area contributed by atoms with Crippen molar-refractivity contribution in [3.8, 4) is 0 Å². The lowest BCUT2D eigenvalue weighted by Gasteiger charge is -2.07. The van der Waals surface area contributed by atoms with E-state index in [0.29, 0.717) is 11.7 Å². The van der Waals surface area contributed by atoms with Crippen LogP contribution in [0.15, 0.2) is 29.2 Å². The Morgan fingerprint density at radius 3 is 2.24 bits per heavy atom. The minimum atomic E-state index is -0.877. The molecule has 17 heavy (non-hydrogen) atoms. The molecule has 1 aromatic carbocycles. The molecule has 0 heterocycles. The van der Waals surface area contributed by atoms with Crippen LogP contribution in [0.3, 0.4) is 0 Å². The standard InChI is InChI=1S/C14H23NOS/c1-11(2)13-6-8-14(9-7-13)17(16)10-4-5-12(3)15/h6-9,11-12H,4-5,10,15H2,1-3H3. The molecule has 3 heteroatoms. The minimum absolute atomic E-state index is 0.204. The predicted molar refractivity (Wildman–Crippen MR) is 74.7 cm³/mol. The van der Waals surface area contributed by atoms with E-state index in [1.54, 1.807) is 0 Å². The molecule has 0 saturated carbocycles. The summed E-state index contributed by atoms with van der Waals surface area (Å²) in [5.74, 6) is 1.23. The third kappa shape index (κ3) is 5.00. The maximum Gasteiger partial charge on any atom is 0.0529 e. The van der Waals surface area contributed by atoms with Crippen molar-refractivity contribution in [2.75, 3.05) is 5.75 Å². The van der Waals surface area contributed by atoms with Crippen LogP contribution in [0.25, 0.3) is 0 Å². The van der Waals surface area contributed by atoms with Gasteiger partial charge >= 0.3 is 0 Å². The lowest BCUT2D eigenvalue weighted by Crippen LogP contribution is -2.15. The lowest BCUT2D eigenvalue weighted by molar-refractivity contribution is 0.644. The molecule has 1 rings (SSSR count). The Hall–Kier alpha value is -0.670. The SMILES string of the molecule is CC(N)CCCS(=O)c1ccc(C(C)C)cc1. The number of rotatable bonds is 6. The summed E-state index contributed by atoms with van der Waals surface area (Å²) >= 11 is 0. The van der Waals surface area contributed by atoms with Crippen LogP contribution in [0.2, 0.25) is 0 Å². The Morgan fingerprint density at radius 1 is 1.18 bits per heavy atom. The molecule has 0 aliphatic heterocycles. The largest absolute Gasteiger partial charge is 0.328 e. The predicted octanol–water partition coefficient (Wildman–Crippen LogP) is 3.05. The van der Waals surface area contributed by atoms with Crippen LogP contribution in [0.4, 0.5) is 0 Å². The smallest absolute Gasteiger partial charge is 0.0529 e. The quantitative estimate of drug-likeness (QED) is 0.846. The van der Waals surface area contributed by atoms with Crippen molar-refractivity contribution in [3.63, 3.8) is 0 Å². The summed E-state index contributed by atoms with van der Waals surface area (Å²) in [6.07, 6.45) is 1.87. The van der Waals surface area contributed by atoms with Gasteiger partial charge in [0.15, 0.2) is 0 Å². The van der Waals surface area contributed by atoms with E-state index < -0.39 is 10.8 Å². The summed E-state index contributed by atoms with van der Waals surface area (Å²) in [6, 6.07) is 8.32. The monoisotopic (exact) mass is 253 g/mol. The van der Waals surface area contributed by atoms with Gasteiger partial charge in [-0.15, -0.1) is 0 Å². The second-order valence-corrected chi connectivity index (χ2v) is 6.46. The molecule has 2 unspecified atom stereocenters. The van der Waals surface area contributed by atoms with Crippen molar-refractivity contribution >= 4 is 10.8 Å². The maximum atomic E-state index is 12.0. The summed E-state index contributed by atoms with van der Waals surface area (Å²) in [5.41, 5.74) is 6.96. The van der Waals surface area contributed by atoms with E-state index in [2.05, 4.69) is 26.0 Å². The first-order chi connectivity index (χ1) is 8.00. The van der Waals surface area contributed by atoms with E-state index >= 15 is 0 Å². The van der Waals surface area contributed by atoms with E-state index in [1.807, 2.05) is 19.1 Å². The molecular formula is C14H23NOS.